The van der Waals surface area contributed by atoms with Crippen LogP contribution in [0.4, 0.5) is 0 Å². The van der Waals surface area contributed by atoms with Crippen molar-refractivity contribution in [1.29, 1.82) is 0 Å². The molecule has 1 aromatic rings. The van der Waals surface area contributed by atoms with Crippen LogP contribution in [0.25, 0.3) is 0 Å². The highest BCUT2D eigenvalue weighted by molar-refractivity contribution is 7.52. The van der Waals surface area contributed by atoms with E-state index in [1.54, 1.807) is 0 Å². The molecule has 1 heterocycles. The van der Waals surface area contributed by atoms with Gasteiger partial charge in [0.15, 0.2) is 0 Å². The molecule has 1 aliphatic carbocycles. The van der Waals surface area contributed by atoms with Gasteiger partial charge in [-0.25, -0.2) is 0 Å². The van der Waals surface area contributed by atoms with Gasteiger partial charge >= 0.3 is 0 Å². The SMILES string of the molecule is B.CC(C)C1(C)CCCC(OP2CCCC2)[C@@H]1Cc1ccccc1. The first-order valence-corrected chi connectivity index (χ1v) is 11.2. The lowest BCUT2D eigenvalue weighted by atomic mass is 9.59. The van der Waals surface area contributed by atoms with Crippen molar-refractivity contribution in [3.05, 3.63) is 35.9 Å². The molecule has 1 saturated carbocycles. The summed E-state index contributed by atoms with van der Waals surface area (Å²) in [6, 6.07) is 11.1. The zero-order valence-electron chi connectivity index (χ0n) is 15.1. The normalized spacial score (nSPS) is 31.2. The maximum atomic E-state index is 6.75. The maximum Gasteiger partial charge on any atom is 0.0814 e. The topological polar surface area (TPSA) is 9.23 Å². The molecular formula is C21H36BOP. The molecule has 0 amide bonds. The van der Waals surface area contributed by atoms with Crippen LogP contribution in [0.5, 0.6) is 0 Å². The van der Waals surface area contributed by atoms with Gasteiger partial charge in [-0.1, -0.05) is 57.5 Å². The predicted molar refractivity (Wildman–Crippen MR) is 111 cm³/mol. The summed E-state index contributed by atoms with van der Waals surface area (Å²) in [7, 11) is -0.130. The van der Waals surface area contributed by atoms with Crippen LogP contribution in [-0.2, 0) is 10.9 Å². The lowest BCUT2D eigenvalue weighted by Crippen LogP contribution is -2.45. The summed E-state index contributed by atoms with van der Waals surface area (Å²) in [5.41, 5.74) is 1.90. The Labute approximate surface area is 152 Å². The molecule has 1 aromatic carbocycles. The number of hydrogen-bond acceptors (Lipinski definition) is 1. The molecular weight excluding hydrogens is 310 g/mol. The van der Waals surface area contributed by atoms with Crippen LogP contribution in [0.2, 0.25) is 0 Å². The lowest BCUT2D eigenvalue weighted by molar-refractivity contribution is -0.0254. The summed E-state index contributed by atoms with van der Waals surface area (Å²) in [6.07, 6.45) is 11.1. The van der Waals surface area contributed by atoms with Gasteiger partial charge in [0, 0.05) is 8.15 Å². The molecule has 2 unspecified atom stereocenters. The first-order chi connectivity index (χ1) is 11.1. The second kappa shape index (κ2) is 8.86. The van der Waals surface area contributed by atoms with E-state index in [0.29, 0.717) is 17.4 Å². The Hall–Kier alpha value is -0.325. The monoisotopic (exact) mass is 346 g/mol. The Balaban J connectivity index is 0.00000208. The predicted octanol–water partition coefficient (Wildman–Crippen LogP) is 5.08. The van der Waals surface area contributed by atoms with Gasteiger partial charge in [0.05, 0.1) is 14.5 Å². The van der Waals surface area contributed by atoms with Gasteiger partial charge in [-0.05, 0) is 67.2 Å². The Bertz CT molecular complexity index is 486. The Morgan fingerprint density at radius 1 is 1.12 bits per heavy atom. The van der Waals surface area contributed by atoms with E-state index in [2.05, 4.69) is 51.1 Å². The quantitative estimate of drug-likeness (QED) is 0.533. The summed E-state index contributed by atoms with van der Waals surface area (Å²) in [5, 5.41) is 0. The van der Waals surface area contributed by atoms with Crippen LogP contribution in [0.1, 0.15) is 58.4 Å². The van der Waals surface area contributed by atoms with Crippen molar-refractivity contribution in [2.45, 2.75) is 65.4 Å². The van der Waals surface area contributed by atoms with Gasteiger partial charge in [0.2, 0.25) is 0 Å². The Morgan fingerprint density at radius 3 is 2.42 bits per heavy atom. The van der Waals surface area contributed by atoms with Gasteiger partial charge in [-0.2, -0.15) is 0 Å². The van der Waals surface area contributed by atoms with E-state index >= 15 is 0 Å². The molecule has 3 heteroatoms. The minimum absolute atomic E-state index is 0. The zero-order valence-corrected chi connectivity index (χ0v) is 16.0. The van der Waals surface area contributed by atoms with E-state index in [-0.39, 0.29) is 16.6 Å². The molecule has 0 aromatic heterocycles. The molecule has 0 N–H and O–H groups in total. The molecule has 0 bridgehead atoms. The van der Waals surface area contributed by atoms with Crippen molar-refractivity contribution < 1.29 is 4.52 Å². The fraction of sp³-hybridized carbons (Fsp3) is 0.714. The van der Waals surface area contributed by atoms with E-state index in [0.717, 1.165) is 5.92 Å². The molecule has 24 heavy (non-hydrogen) atoms. The third-order valence-electron chi connectivity index (χ3n) is 6.47. The zero-order chi connectivity index (χ0) is 16.3. The van der Waals surface area contributed by atoms with Crippen LogP contribution in [-0.4, -0.2) is 26.8 Å². The number of rotatable bonds is 5. The van der Waals surface area contributed by atoms with Crippen molar-refractivity contribution in [2.24, 2.45) is 17.3 Å². The molecule has 0 spiro atoms. The summed E-state index contributed by atoms with van der Waals surface area (Å²) >= 11 is 0. The molecule has 2 fully saturated rings. The molecule has 1 saturated heterocycles. The molecule has 1 aliphatic heterocycles. The average Bonchev–Trinajstić information content (AvgIpc) is 3.05. The third kappa shape index (κ3) is 4.44. The highest BCUT2D eigenvalue weighted by Crippen LogP contribution is 2.54. The van der Waals surface area contributed by atoms with Gasteiger partial charge in [0.1, 0.15) is 0 Å². The standard InChI is InChI=1S/C21H33OP.BH3/c1-17(2)21(3)13-9-12-20(22-23-14-7-8-15-23)19(21)16-18-10-5-4-6-11-18;/h4-6,10-11,17,19-20H,7-9,12-16H2,1-3H3;1H3/t19-,20?,21?;/m0./s1. The minimum Gasteiger partial charge on any atom is -0.356 e. The molecule has 134 valence electrons. The van der Waals surface area contributed by atoms with Crippen molar-refractivity contribution in [1.82, 2.24) is 0 Å². The fourth-order valence-electron chi connectivity index (χ4n) is 4.56. The smallest absolute Gasteiger partial charge is 0.0814 e. The Morgan fingerprint density at radius 2 is 1.79 bits per heavy atom. The number of benzene rings is 1. The van der Waals surface area contributed by atoms with Crippen LogP contribution in [0.15, 0.2) is 30.3 Å². The second-order valence-electron chi connectivity index (χ2n) is 8.13. The summed E-state index contributed by atoms with van der Waals surface area (Å²) in [5.74, 6) is 1.39. The van der Waals surface area contributed by atoms with E-state index in [1.807, 2.05) is 0 Å². The highest BCUT2D eigenvalue weighted by atomic mass is 31.1. The molecule has 0 radical (unpaired) electrons. The van der Waals surface area contributed by atoms with Gasteiger partial charge in [0.25, 0.3) is 0 Å². The molecule has 1 nitrogen and oxygen atoms in total. The van der Waals surface area contributed by atoms with Crippen molar-refractivity contribution >= 4 is 16.6 Å². The largest absolute Gasteiger partial charge is 0.356 e. The van der Waals surface area contributed by atoms with Gasteiger partial charge in [-0.3, -0.25) is 0 Å². The van der Waals surface area contributed by atoms with E-state index in [4.69, 9.17) is 4.52 Å². The lowest BCUT2D eigenvalue weighted by Gasteiger charge is -2.49. The van der Waals surface area contributed by atoms with Gasteiger partial charge < -0.3 is 4.52 Å². The molecule has 3 atom stereocenters. The minimum atomic E-state index is -0.130. The van der Waals surface area contributed by atoms with E-state index in [9.17, 15) is 0 Å². The van der Waals surface area contributed by atoms with Crippen LogP contribution < -0.4 is 0 Å². The van der Waals surface area contributed by atoms with E-state index in [1.165, 1.54) is 56.4 Å². The van der Waals surface area contributed by atoms with Crippen LogP contribution in [0, 0.1) is 17.3 Å². The van der Waals surface area contributed by atoms with E-state index < -0.39 is 0 Å². The third-order valence-corrected chi connectivity index (χ3v) is 8.67. The van der Waals surface area contributed by atoms with Crippen LogP contribution >= 0.6 is 8.15 Å². The fourth-order valence-corrected chi connectivity index (χ4v) is 6.78. The first-order valence-electron chi connectivity index (χ1n) is 9.55. The average molecular weight is 346 g/mol. The Kier molecular flexibility index (Phi) is 7.38. The van der Waals surface area contributed by atoms with Crippen molar-refractivity contribution in [2.75, 3.05) is 12.3 Å². The van der Waals surface area contributed by atoms with Crippen LogP contribution in [0.3, 0.4) is 0 Å². The first kappa shape index (κ1) is 20.0. The number of hydrogen-bond donors (Lipinski definition) is 0. The summed E-state index contributed by atoms with van der Waals surface area (Å²) in [6.45, 7) is 7.37. The molecule has 2 aliphatic rings. The maximum absolute atomic E-state index is 6.75. The second-order valence-corrected chi connectivity index (χ2v) is 10.2. The summed E-state index contributed by atoms with van der Waals surface area (Å²) < 4.78 is 6.75. The van der Waals surface area contributed by atoms with Crippen molar-refractivity contribution in [3.8, 4) is 0 Å². The molecule has 3 rings (SSSR count). The van der Waals surface area contributed by atoms with Gasteiger partial charge in [-0.15, -0.1) is 0 Å². The highest BCUT2D eigenvalue weighted by Gasteiger charge is 2.45. The van der Waals surface area contributed by atoms with Crippen molar-refractivity contribution in [3.63, 3.8) is 0 Å². The summed E-state index contributed by atoms with van der Waals surface area (Å²) in [4.78, 5) is 0.